The summed E-state index contributed by atoms with van der Waals surface area (Å²) in [5, 5.41) is 3.58. The van der Waals surface area contributed by atoms with Crippen LogP contribution < -0.4 is 5.32 Å². The summed E-state index contributed by atoms with van der Waals surface area (Å²) in [5.41, 5.74) is 1.38. The summed E-state index contributed by atoms with van der Waals surface area (Å²) in [6, 6.07) is 10.5. The van der Waals surface area contributed by atoms with Gasteiger partial charge >= 0.3 is 0 Å². The van der Waals surface area contributed by atoms with Gasteiger partial charge in [-0.3, -0.25) is 14.6 Å². The lowest BCUT2D eigenvalue weighted by atomic mass is 9.53. The smallest absolute Gasteiger partial charge is 0.237 e. The number of carbonyl (C=O) groups is 1. The monoisotopic (exact) mass is 407 g/mol. The third kappa shape index (κ3) is 4.36. The van der Waals surface area contributed by atoms with Crippen LogP contribution in [0.5, 0.6) is 0 Å². The highest BCUT2D eigenvalue weighted by atomic mass is 16.2. The molecule has 0 spiro atoms. The lowest BCUT2D eigenvalue weighted by molar-refractivity contribution is -0.132. The SMILES string of the molecule is C[C@H](C(=O)NC12CC3CC(CC(C3)C1)C2)N1CCN(C/C=C/c2ccccc2)CC1. The van der Waals surface area contributed by atoms with E-state index in [0.29, 0.717) is 0 Å². The van der Waals surface area contributed by atoms with Gasteiger partial charge < -0.3 is 5.32 Å². The van der Waals surface area contributed by atoms with Crippen LogP contribution in [0.3, 0.4) is 0 Å². The van der Waals surface area contributed by atoms with Gasteiger partial charge in [0.1, 0.15) is 0 Å². The molecule has 1 saturated heterocycles. The van der Waals surface area contributed by atoms with Crippen molar-refractivity contribution in [1.29, 1.82) is 0 Å². The molecule has 30 heavy (non-hydrogen) atoms. The predicted octanol–water partition coefficient (Wildman–Crippen LogP) is 3.79. The number of hydrogen-bond acceptors (Lipinski definition) is 3. The maximum atomic E-state index is 13.2. The minimum absolute atomic E-state index is 0.0139. The van der Waals surface area contributed by atoms with Crippen LogP contribution in [0.25, 0.3) is 6.08 Å². The second-order valence-corrected chi connectivity index (χ2v) is 10.5. The fourth-order valence-electron chi connectivity index (χ4n) is 7.03. The molecule has 1 aromatic carbocycles. The molecule has 4 heteroatoms. The highest BCUT2D eigenvalue weighted by Crippen LogP contribution is 2.55. The summed E-state index contributed by atoms with van der Waals surface area (Å²) < 4.78 is 0. The minimum atomic E-state index is -0.0139. The van der Waals surface area contributed by atoms with Gasteiger partial charge in [0.2, 0.25) is 5.91 Å². The van der Waals surface area contributed by atoms with Gasteiger partial charge in [-0.05, 0) is 68.8 Å². The number of hydrogen-bond donors (Lipinski definition) is 1. The number of rotatable bonds is 6. The molecule has 0 aromatic heterocycles. The van der Waals surface area contributed by atoms with E-state index in [0.717, 1.165) is 50.5 Å². The lowest BCUT2D eigenvalue weighted by Crippen LogP contribution is -2.63. The van der Waals surface area contributed by atoms with Gasteiger partial charge in [0, 0.05) is 38.3 Å². The van der Waals surface area contributed by atoms with Gasteiger partial charge in [-0.15, -0.1) is 0 Å². The Morgan fingerprint density at radius 2 is 1.63 bits per heavy atom. The third-order valence-corrected chi connectivity index (χ3v) is 8.23. The summed E-state index contributed by atoms with van der Waals surface area (Å²) in [6.45, 7) is 7.13. The number of nitrogens with one attached hydrogen (secondary N) is 1. The first-order chi connectivity index (χ1) is 14.6. The van der Waals surface area contributed by atoms with E-state index in [4.69, 9.17) is 0 Å². The molecule has 1 amide bonds. The molecular weight excluding hydrogens is 370 g/mol. The molecular formula is C26H37N3O. The molecule has 6 rings (SSSR count). The van der Waals surface area contributed by atoms with E-state index >= 15 is 0 Å². The van der Waals surface area contributed by atoms with Gasteiger partial charge in [0.05, 0.1) is 6.04 Å². The Hall–Kier alpha value is -1.65. The van der Waals surface area contributed by atoms with Crippen molar-refractivity contribution in [3.05, 3.63) is 42.0 Å². The van der Waals surface area contributed by atoms with Crippen LogP contribution in [-0.4, -0.2) is 60.0 Å². The van der Waals surface area contributed by atoms with Crippen molar-refractivity contribution < 1.29 is 4.79 Å². The van der Waals surface area contributed by atoms with E-state index in [2.05, 4.69) is 64.5 Å². The average Bonchev–Trinajstić information content (AvgIpc) is 2.73. The lowest BCUT2D eigenvalue weighted by Gasteiger charge is -2.57. The van der Waals surface area contributed by atoms with Crippen LogP contribution in [-0.2, 0) is 4.79 Å². The normalized spacial score (nSPS) is 35.0. The first kappa shape index (κ1) is 20.3. The highest BCUT2D eigenvalue weighted by molar-refractivity contribution is 5.82. The Balaban J connectivity index is 1.09. The van der Waals surface area contributed by atoms with Crippen molar-refractivity contribution in [2.24, 2.45) is 17.8 Å². The van der Waals surface area contributed by atoms with Crippen LogP contribution in [0.4, 0.5) is 0 Å². The first-order valence-electron chi connectivity index (χ1n) is 12.1. The molecule has 1 aliphatic heterocycles. The quantitative estimate of drug-likeness (QED) is 0.779. The Morgan fingerprint density at radius 3 is 2.23 bits per heavy atom. The van der Waals surface area contributed by atoms with Crippen LogP contribution in [0, 0.1) is 17.8 Å². The molecule has 0 unspecified atom stereocenters. The Bertz CT molecular complexity index is 730. The summed E-state index contributed by atoms with van der Waals surface area (Å²) >= 11 is 0. The van der Waals surface area contributed by atoms with Crippen molar-refractivity contribution in [2.45, 2.75) is 57.0 Å². The van der Waals surface area contributed by atoms with Crippen LogP contribution in [0.15, 0.2) is 36.4 Å². The number of benzene rings is 1. The maximum absolute atomic E-state index is 13.2. The molecule has 4 aliphatic carbocycles. The fourth-order valence-corrected chi connectivity index (χ4v) is 7.03. The summed E-state index contributed by atoms with van der Waals surface area (Å²) in [4.78, 5) is 18.0. The number of piperazine rings is 1. The topological polar surface area (TPSA) is 35.6 Å². The van der Waals surface area contributed by atoms with Gasteiger partial charge in [-0.1, -0.05) is 42.5 Å². The molecule has 5 fully saturated rings. The second-order valence-electron chi connectivity index (χ2n) is 10.5. The van der Waals surface area contributed by atoms with Crippen molar-refractivity contribution >= 4 is 12.0 Å². The zero-order chi connectivity index (χ0) is 20.6. The standard InChI is InChI=1S/C26H37N3O/c1-20(25(30)27-26-17-22-14-23(18-26)16-24(15-22)19-26)29-12-10-28(11-13-29)9-5-8-21-6-3-2-4-7-21/h2-8,20,22-24H,9-19H2,1H3,(H,27,30)/b8-5+/t20-,22?,23?,24?,26?/m1/s1. The van der Waals surface area contributed by atoms with E-state index in [1.165, 1.54) is 44.1 Å². The molecule has 4 saturated carbocycles. The van der Waals surface area contributed by atoms with E-state index in [1.54, 1.807) is 0 Å². The van der Waals surface area contributed by atoms with E-state index < -0.39 is 0 Å². The van der Waals surface area contributed by atoms with E-state index in [1.807, 2.05) is 0 Å². The number of amides is 1. The molecule has 1 N–H and O–H groups in total. The molecule has 1 aromatic rings. The van der Waals surface area contributed by atoms with Crippen LogP contribution in [0.1, 0.15) is 51.0 Å². The summed E-state index contributed by atoms with van der Waals surface area (Å²) in [6.07, 6.45) is 12.4. The van der Waals surface area contributed by atoms with Crippen molar-refractivity contribution in [3.63, 3.8) is 0 Å². The number of carbonyl (C=O) groups excluding carboxylic acids is 1. The molecule has 5 aliphatic rings. The predicted molar refractivity (Wildman–Crippen MR) is 122 cm³/mol. The van der Waals surface area contributed by atoms with E-state index in [-0.39, 0.29) is 17.5 Å². The molecule has 162 valence electrons. The summed E-state index contributed by atoms with van der Waals surface area (Å²) in [5.74, 6) is 2.90. The summed E-state index contributed by atoms with van der Waals surface area (Å²) in [7, 11) is 0. The average molecular weight is 408 g/mol. The molecule has 1 atom stereocenters. The van der Waals surface area contributed by atoms with Gasteiger partial charge in [0.25, 0.3) is 0 Å². The maximum Gasteiger partial charge on any atom is 0.237 e. The Kier molecular flexibility index (Phi) is 5.72. The van der Waals surface area contributed by atoms with Gasteiger partial charge in [-0.25, -0.2) is 0 Å². The number of nitrogens with zero attached hydrogens (tertiary/aromatic N) is 2. The van der Waals surface area contributed by atoms with Gasteiger partial charge in [-0.2, -0.15) is 0 Å². The first-order valence-corrected chi connectivity index (χ1v) is 12.1. The van der Waals surface area contributed by atoms with Gasteiger partial charge in [0.15, 0.2) is 0 Å². The largest absolute Gasteiger partial charge is 0.349 e. The minimum Gasteiger partial charge on any atom is -0.349 e. The zero-order valence-electron chi connectivity index (χ0n) is 18.4. The van der Waals surface area contributed by atoms with Crippen molar-refractivity contribution in [2.75, 3.05) is 32.7 Å². The second kappa shape index (κ2) is 8.47. The zero-order valence-corrected chi connectivity index (χ0v) is 18.4. The third-order valence-electron chi connectivity index (χ3n) is 8.23. The molecule has 4 bridgehead atoms. The van der Waals surface area contributed by atoms with Crippen LogP contribution in [0.2, 0.25) is 0 Å². The van der Waals surface area contributed by atoms with E-state index in [9.17, 15) is 4.79 Å². The molecule has 4 nitrogen and oxygen atoms in total. The Morgan fingerprint density at radius 1 is 1.03 bits per heavy atom. The Labute approximate surface area is 181 Å². The fraction of sp³-hybridized carbons (Fsp3) is 0.654. The molecule has 1 heterocycles. The van der Waals surface area contributed by atoms with Crippen molar-refractivity contribution in [3.8, 4) is 0 Å². The van der Waals surface area contributed by atoms with Crippen LogP contribution >= 0.6 is 0 Å². The van der Waals surface area contributed by atoms with Crippen molar-refractivity contribution in [1.82, 2.24) is 15.1 Å². The molecule has 0 radical (unpaired) electrons. The highest BCUT2D eigenvalue weighted by Gasteiger charge is 2.51.